The number of carboxylic acid groups (broad SMARTS) is 1. The van der Waals surface area contributed by atoms with Crippen LogP contribution in [0, 0.1) is 6.92 Å². The SMILES string of the molecule is C=CCc1c(Nc2ccccc2)nc(C)nc1-c1ccc(C(=O)O)cc1. The van der Waals surface area contributed by atoms with Gasteiger partial charge in [-0.15, -0.1) is 6.58 Å². The maximum atomic E-state index is 11.1. The first kappa shape index (κ1) is 17.4. The van der Waals surface area contributed by atoms with Gasteiger partial charge >= 0.3 is 5.97 Å². The molecule has 2 aromatic carbocycles. The molecule has 0 atom stereocenters. The number of nitrogens with zero attached hydrogens (tertiary/aromatic N) is 2. The maximum Gasteiger partial charge on any atom is 0.335 e. The predicted molar refractivity (Wildman–Crippen MR) is 103 cm³/mol. The molecule has 0 amide bonds. The van der Waals surface area contributed by atoms with Crippen LogP contribution < -0.4 is 5.32 Å². The van der Waals surface area contributed by atoms with Crippen molar-refractivity contribution in [2.75, 3.05) is 5.32 Å². The van der Waals surface area contributed by atoms with Crippen molar-refractivity contribution in [2.24, 2.45) is 0 Å². The number of allylic oxidation sites excluding steroid dienone is 1. The molecule has 130 valence electrons. The van der Waals surface area contributed by atoms with Crippen molar-refractivity contribution >= 4 is 17.5 Å². The van der Waals surface area contributed by atoms with E-state index in [9.17, 15) is 4.79 Å². The molecule has 3 rings (SSSR count). The molecule has 0 bridgehead atoms. The van der Waals surface area contributed by atoms with Crippen LogP contribution in [0.15, 0.2) is 67.3 Å². The second-order valence-electron chi connectivity index (χ2n) is 5.81. The average Bonchev–Trinajstić information content (AvgIpc) is 2.64. The summed E-state index contributed by atoms with van der Waals surface area (Å²) in [4.78, 5) is 20.2. The minimum Gasteiger partial charge on any atom is -0.478 e. The highest BCUT2D eigenvalue weighted by Crippen LogP contribution is 2.29. The van der Waals surface area contributed by atoms with Crippen LogP contribution in [0.4, 0.5) is 11.5 Å². The van der Waals surface area contributed by atoms with E-state index >= 15 is 0 Å². The smallest absolute Gasteiger partial charge is 0.335 e. The summed E-state index contributed by atoms with van der Waals surface area (Å²) in [6.07, 6.45) is 2.39. The molecule has 1 aromatic heterocycles. The van der Waals surface area contributed by atoms with Gasteiger partial charge in [0.15, 0.2) is 0 Å². The van der Waals surface area contributed by atoms with Gasteiger partial charge in [-0.2, -0.15) is 0 Å². The van der Waals surface area contributed by atoms with Gasteiger partial charge in [0.05, 0.1) is 11.3 Å². The Morgan fingerprint density at radius 2 is 1.81 bits per heavy atom. The van der Waals surface area contributed by atoms with E-state index in [0.717, 1.165) is 28.3 Å². The van der Waals surface area contributed by atoms with Gasteiger partial charge in [-0.3, -0.25) is 0 Å². The summed E-state index contributed by atoms with van der Waals surface area (Å²) in [5.41, 5.74) is 3.70. The molecule has 0 saturated heterocycles. The van der Waals surface area contributed by atoms with Crippen molar-refractivity contribution in [3.63, 3.8) is 0 Å². The normalized spacial score (nSPS) is 10.3. The molecule has 3 aromatic rings. The molecule has 2 N–H and O–H groups in total. The van der Waals surface area contributed by atoms with Gasteiger partial charge in [0, 0.05) is 16.8 Å². The molecular weight excluding hydrogens is 326 g/mol. The second kappa shape index (κ2) is 7.61. The van der Waals surface area contributed by atoms with Crippen LogP contribution >= 0.6 is 0 Å². The fraction of sp³-hybridized carbons (Fsp3) is 0.0952. The summed E-state index contributed by atoms with van der Waals surface area (Å²) in [6, 6.07) is 16.5. The van der Waals surface area contributed by atoms with E-state index in [1.165, 1.54) is 0 Å². The number of aromatic nitrogens is 2. The summed E-state index contributed by atoms with van der Waals surface area (Å²) in [6.45, 7) is 5.67. The van der Waals surface area contributed by atoms with Gasteiger partial charge in [-0.1, -0.05) is 36.4 Å². The van der Waals surface area contributed by atoms with Crippen molar-refractivity contribution in [1.29, 1.82) is 0 Å². The Bertz CT molecular complexity index is 935. The minimum absolute atomic E-state index is 0.243. The van der Waals surface area contributed by atoms with E-state index in [2.05, 4.69) is 21.9 Å². The average molecular weight is 345 g/mol. The Morgan fingerprint density at radius 1 is 1.12 bits per heavy atom. The molecule has 5 nitrogen and oxygen atoms in total. The monoisotopic (exact) mass is 345 g/mol. The van der Waals surface area contributed by atoms with E-state index in [0.29, 0.717) is 12.2 Å². The lowest BCUT2D eigenvalue weighted by Gasteiger charge is -2.15. The first-order valence-electron chi connectivity index (χ1n) is 8.22. The van der Waals surface area contributed by atoms with Gasteiger partial charge in [0.2, 0.25) is 0 Å². The first-order valence-corrected chi connectivity index (χ1v) is 8.22. The number of hydrogen-bond donors (Lipinski definition) is 2. The Balaban J connectivity index is 2.09. The maximum absolute atomic E-state index is 11.1. The van der Waals surface area contributed by atoms with Crippen LogP contribution in [0.25, 0.3) is 11.3 Å². The largest absolute Gasteiger partial charge is 0.478 e. The van der Waals surface area contributed by atoms with Crippen LogP contribution in [0.5, 0.6) is 0 Å². The summed E-state index contributed by atoms with van der Waals surface area (Å²) < 4.78 is 0. The number of anilines is 2. The summed E-state index contributed by atoms with van der Waals surface area (Å²) in [5, 5.41) is 12.4. The van der Waals surface area contributed by atoms with Crippen molar-refractivity contribution in [3.05, 3.63) is 84.2 Å². The van der Waals surface area contributed by atoms with Gasteiger partial charge < -0.3 is 10.4 Å². The van der Waals surface area contributed by atoms with Crippen LogP contribution in [0.2, 0.25) is 0 Å². The highest BCUT2D eigenvalue weighted by atomic mass is 16.4. The lowest BCUT2D eigenvalue weighted by atomic mass is 10.0. The molecule has 0 radical (unpaired) electrons. The Labute approximate surface area is 152 Å². The Hall–Kier alpha value is -3.47. The summed E-state index contributed by atoms with van der Waals surface area (Å²) in [7, 11) is 0. The van der Waals surface area contributed by atoms with Crippen molar-refractivity contribution in [3.8, 4) is 11.3 Å². The fourth-order valence-electron chi connectivity index (χ4n) is 2.70. The molecule has 1 heterocycles. The van der Waals surface area contributed by atoms with Gasteiger partial charge in [-0.05, 0) is 37.6 Å². The lowest BCUT2D eigenvalue weighted by Crippen LogP contribution is -2.05. The highest BCUT2D eigenvalue weighted by Gasteiger charge is 2.15. The quantitative estimate of drug-likeness (QED) is 0.638. The lowest BCUT2D eigenvalue weighted by molar-refractivity contribution is 0.0697. The van der Waals surface area contributed by atoms with E-state index < -0.39 is 5.97 Å². The van der Waals surface area contributed by atoms with E-state index in [4.69, 9.17) is 5.11 Å². The number of hydrogen-bond acceptors (Lipinski definition) is 4. The number of nitrogens with one attached hydrogen (secondary N) is 1. The number of carbonyl (C=O) groups is 1. The third-order valence-corrected chi connectivity index (χ3v) is 3.91. The molecule has 0 aliphatic heterocycles. The summed E-state index contributed by atoms with van der Waals surface area (Å²) in [5.74, 6) is 0.405. The molecule has 26 heavy (non-hydrogen) atoms. The van der Waals surface area contributed by atoms with Crippen molar-refractivity contribution < 1.29 is 9.90 Å². The zero-order valence-electron chi connectivity index (χ0n) is 14.4. The molecule has 5 heteroatoms. The molecule has 0 aliphatic carbocycles. The summed E-state index contributed by atoms with van der Waals surface area (Å²) >= 11 is 0. The standard InChI is InChI=1S/C21H19N3O2/c1-3-7-18-19(15-10-12-16(13-11-15)21(25)26)22-14(2)23-20(18)24-17-8-5-4-6-9-17/h3-6,8-13H,1,7H2,2H3,(H,25,26)(H,22,23,24). The van der Waals surface area contributed by atoms with Crippen LogP contribution in [-0.4, -0.2) is 21.0 Å². The third kappa shape index (κ3) is 3.78. The van der Waals surface area contributed by atoms with Gasteiger partial charge in [0.1, 0.15) is 11.6 Å². The molecule has 0 spiro atoms. The fourth-order valence-corrected chi connectivity index (χ4v) is 2.70. The number of carboxylic acids is 1. The van der Waals surface area contributed by atoms with Crippen LogP contribution in [0.3, 0.4) is 0 Å². The molecule has 0 aliphatic rings. The predicted octanol–water partition coefficient (Wildman–Crippen LogP) is 4.62. The number of para-hydroxylation sites is 1. The third-order valence-electron chi connectivity index (χ3n) is 3.91. The molecular formula is C21H19N3O2. The number of aromatic carboxylic acids is 1. The van der Waals surface area contributed by atoms with Gasteiger partial charge in [-0.25, -0.2) is 14.8 Å². The minimum atomic E-state index is -0.951. The van der Waals surface area contributed by atoms with Crippen LogP contribution in [-0.2, 0) is 6.42 Å². The van der Waals surface area contributed by atoms with E-state index in [1.807, 2.05) is 37.3 Å². The number of rotatable bonds is 6. The van der Waals surface area contributed by atoms with E-state index in [1.54, 1.807) is 30.3 Å². The molecule has 0 unspecified atom stereocenters. The van der Waals surface area contributed by atoms with Gasteiger partial charge in [0.25, 0.3) is 0 Å². The molecule has 0 fully saturated rings. The highest BCUT2D eigenvalue weighted by molar-refractivity contribution is 5.88. The van der Waals surface area contributed by atoms with Crippen molar-refractivity contribution in [2.45, 2.75) is 13.3 Å². The number of aryl methyl sites for hydroxylation is 1. The Kier molecular flexibility index (Phi) is 5.08. The zero-order chi connectivity index (χ0) is 18.5. The second-order valence-corrected chi connectivity index (χ2v) is 5.81. The van der Waals surface area contributed by atoms with E-state index in [-0.39, 0.29) is 5.56 Å². The van der Waals surface area contributed by atoms with Crippen molar-refractivity contribution in [1.82, 2.24) is 9.97 Å². The Morgan fingerprint density at radius 3 is 2.42 bits per heavy atom. The molecule has 0 saturated carbocycles. The topological polar surface area (TPSA) is 75.1 Å². The number of benzene rings is 2. The zero-order valence-corrected chi connectivity index (χ0v) is 14.4. The first-order chi connectivity index (χ1) is 12.6. The van der Waals surface area contributed by atoms with Crippen LogP contribution in [0.1, 0.15) is 21.7 Å².